The van der Waals surface area contributed by atoms with E-state index in [1.165, 1.54) is 5.56 Å². The van der Waals surface area contributed by atoms with Gasteiger partial charge in [-0.3, -0.25) is 0 Å². The van der Waals surface area contributed by atoms with Crippen molar-refractivity contribution in [2.45, 2.75) is 12.8 Å². The van der Waals surface area contributed by atoms with Gasteiger partial charge in [-0.2, -0.15) is 0 Å². The number of rotatable bonds is 5. The fourth-order valence-electron chi connectivity index (χ4n) is 3.49. The molecule has 27 heavy (non-hydrogen) atoms. The minimum atomic E-state index is 0.0356. The molecule has 0 saturated carbocycles. The number of carbonyl (C=O) groups excluding carboxylic acids is 1. The Balaban J connectivity index is 1.20. The summed E-state index contributed by atoms with van der Waals surface area (Å²) >= 11 is 0. The number of nitrogens with zero attached hydrogens (tertiary/aromatic N) is 2. The smallest absolute Gasteiger partial charge is 0.317 e. The van der Waals surface area contributed by atoms with E-state index in [0.717, 1.165) is 56.2 Å². The number of aryl methyl sites for hydroxylation is 1. The third-order valence-electron chi connectivity index (χ3n) is 5.05. The van der Waals surface area contributed by atoms with Gasteiger partial charge in [0.25, 0.3) is 0 Å². The molecule has 2 aromatic carbocycles. The van der Waals surface area contributed by atoms with E-state index in [0.29, 0.717) is 6.54 Å². The molecule has 0 unspecified atom stereocenters. The van der Waals surface area contributed by atoms with Crippen LogP contribution in [0.3, 0.4) is 0 Å². The number of benzene rings is 2. The van der Waals surface area contributed by atoms with Gasteiger partial charge in [-0.1, -0.05) is 30.3 Å². The van der Waals surface area contributed by atoms with Gasteiger partial charge in [0.15, 0.2) is 11.5 Å². The second-order valence-corrected chi connectivity index (χ2v) is 6.83. The van der Waals surface area contributed by atoms with Crippen molar-refractivity contribution in [3.63, 3.8) is 0 Å². The van der Waals surface area contributed by atoms with Gasteiger partial charge in [-0.15, -0.1) is 0 Å². The molecule has 1 fully saturated rings. The lowest BCUT2D eigenvalue weighted by molar-refractivity contribution is 0.174. The summed E-state index contributed by atoms with van der Waals surface area (Å²) < 4.78 is 10.8. The third-order valence-corrected chi connectivity index (χ3v) is 5.05. The molecule has 0 atom stereocenters. The van der Waals surface area contributed by atoms with Crippen LogP contribution in [0.5, 0.6) is 11.5 Å². The largest absolute Gasteiger partial charge is 0.454 e. The van der Waals surface area contributed by atoms with E-state index >= 15 is 0 Å². The molecule has 1 saturated heterocycles. The zero-order valence-corrected chi connectivity index (χ0v) is 15.4. The molecule has 0 bridgehead atoms. The summed E-state index contributed by atoms with van der Waals surface area (Å²) in [5, 5.41) is 3.04. The molecule has 0 spiro atoms. The predicted molar refractivity (Wildman–Crippen MR) is 105 cm³/mol. The highest BCUT2D eigenvalue weighted by molar-refractivity contribution is 5.74. The topological polar surface area (TPSA) is 54.0 Å². The van der Waals surface area contributed by atoms with Crippen molar-refractivity contribution >= 4 is 11.7 Å². The van der Waals surface area contributed by atoms with Crippen LogP contribution in [0.25, 0.3) is 0 Å². The number of ether oxygens (including phenoxy) is 2. The van der Waals surface area contributed by atoms with E-state index in [-0.39, 0.29) is 12.8 Å². The maximum absolute atomic E-state index is 12.4. The number of nitrogens with one attached hydrogen (secondary N) is 1. The Morgan fingerprint density at radius 2 is 1.74 bits per heavy atom. The van der Waals surface area contributed by atoms with Gasteiger partial charge in [0.1, 0.15) is 0 Å². The average molecular weight is 367 g/mol. The van der Waals surface area contributed by atoms with Gasteiger partial charge in [0.05, 0.1) is 0 Å². The van der Waals surface area contributed by atoms with Crippen LogP contribution in [-0.2, 0) is 6.42 Å². The Kier molecular flexibility index (Phi) is 5.32. The summed E-state index contributed by atoms with van der Waals surface area (Å²) in [6, 6.07) is 16.4. The van der Waals surface area contributed by atoms with Crippen LogP contribution in [0.1, 0.15) is 12.0 Å². The summed E-state index contributed by atoms with van der Waals surface area (Å²) in [6.45, 7) is 4.07. The van der Waals surface area contributed by atoms with Crippen molar-refractivity contribution in [2.24, 2.45) is 0 Å². The van der Waals surface area contributed by atoms with Gasteiger partial charge in [0.2, 0.25) is 6.79 Å². The van der Waals surface area contributed by atoms with Gasteiger partial charge < -0.3 is 24.6 Å². The lowest BCUT2D eigenvalue weighted by Gasteiger charge is -2.36. The Morgan fingerprint density at radius 1 is 0.963 bits per heavy atom. The van der Waals surface area contributed by atoms with Gasteiger partial charge in [0, 0.05) is 44.5 Å². The van der Waals surface area contributed by atoms with Crippen LogP contribution >= 0.6 is 0 Å². The number of hydrogen-bond donors (Lipinski definition) is 1. The first kappa shape index (κ1) is 17.5. The molecule has 2 heterocycles. The molecule has 6 nitrogen and oxygen atoms in total. The highest BCUT2D eigenvalue weighted by Gasteiger charge is 2.22. The number of amides is 2. The fraction of sp³-hybridized carbons (Fsp3) is 0.381. The maximum atomic E-state index is 12.4. The van der Waals surface area contributed by atoms with Crippen molar-refractivity contribution in [3.05, 3.63) is 54.1 Å². The van der Waals surface area contributed by atoms with E-state index in [9.17, 15) is 4.79 Å². The molecule has 142 valence electrons. The average Bonchev–Trinajstić information content (AvgIpc) is 3.20. The zero-order valence-electron chi connectivity index (χ0n) is 15.4. The van der Waals surface area contributed by atoms with Crippen LogP contribution in [-0.4, -0.2) is 50.4 Å². The minimum absolute atomic E-state index is 0.0356. The summed E-state index contributed by atoms with van der Waals surface area (Å²) in [5.41, 5.74) is 2.42. The SMILES string of the molecule is O=C(NCCCc1ccccc1)N1CCN(c2ccc3c(c2)OCO3)CC1. The molecule has 2 aromatic rings. The first-order chi connectivity index (χ1) is 13.3. The van der Waals surface area contributed by atoms with Gasteiger partial charge in [-0.25, -0.2) is 4.79 Å². The highest BCUT2D eigenvalue weighted by atomic mass is 16.7. The first-order valence-corrected chi connectivity index (χ1v) is 9.51. The lowest BCUT2D eigenvalue weighted by Crippen LogP contribution is -2.52. The number of anilines is 1. The molecule has 2 aliphatic rings. The molecular formula is C21H25N3O3. The summed E-state index contributed by atoms with van der Waals surface area (Å²) in [7, 11) is 0. The minimum Gasteiger partial charge on any atom is -0.454 e. The molecule has 2 aliphatic heterocycles. The van der Waals surface area contributed by atoms with E-state index in [1.54, 1.807) is 0 Å². The maximum Gasteiger partial charge on any atom is 0.317 e. The predicted octanol–water partition coefficient (Wildman–Crippen LogP) is 2.88. The van der Waals surface area contributed by atoms with E-state index in [2.05, 4.69) is 22.3 Å². The number of urea groups is 1. The molecule has 0 radical (unpaired) electrons. The fourth-order valence-corrected chi connectivity index (χ4v) is 3.49. The van der Waals surface area contributed by atoms with Crippen LogP contribution in [0, 0.1) is 0 Å². The van der Waals surface area contributed by atoms with Crippen molar-refractivity contribution in [1.29, 1.82) is 0 Å². The Labute approximate surface area is 159 Å². The number of hydrogen-bond acceptors (Lipinski definition) is 4. The van der Waals surface area contributed by atoms with E-state index in [4.69, 9.17) is 9.47 Å². The number of carbonyl (C=O) groups is 1. The molecule has 6 heteroatoms. The highest BCUT2D eigenvalue weighted by Crippen LogP contribution is 2.35. The molecule has 2 amide bonds. The van der Waals surface area contributed by atoms with Crippen LogP contribution in [0.15, 0.2) is 48.5 Å². The van der Waals surface area contributed by atoms with E-state index < -0.39 is 0 Å². The number of piperazine rings is 1. The van der Waals surface area contributed by atoms with Gasteiger partial charge >= 0.3 is 6.03 Å². The standard InChI is InChI=1S/C21H25N3O3/c25-21(22-10-4-7-17-5-2-1-3-6-17)24-13-11-23(12-14-24)18-8-9-19-20(15-18)27-16-26-19/h1-3,5-6,8-9,15H,4,7,10-14,16H2,(H,22,25). The number of fused-ring (bicyclic) bond motifs is 1. The normalized spacial score (nSPS) is 15.7. The molecule has 4 rings (SSSR count). The van der Waals surface area contributed by atoms with E-state index in [1.807, 2.05) is 41.3 Å². The monoisotopic (exact) mass is 367 g/mol. The summed E-state index contributed by atoms with van der Waals surface area (Å²) in [4.78, 5) is 16.5. The molecule has 1 N–H and O–H groups in total. The summed E-state index contributed by atoms with van der Waals surface area (Å²) in [6.07, 6.45) is 1.94. The second-order valence-electron chi connectivity index (χ2n) is 6.83. The quantitative estimate of drug-likeness (QED) is 0.826. The Morgan fingerprint density at radius 3 is 2.56 bits per heavy atom. The van der Waals surface area contributed by atoms with Crippen molar-refractivity contribution in [2.75, 3.05) is 44.4 Å². The van der Waals surface area contributed by atoms with Crippen LogP contribution in [0.2, 0.25) is 0 Å². The van der Waals surface area contributed by atoms with Gasteiger partial charge in [-0.05, 0) is 30.5 Å². The lowest BCUT2D eigenvalue weighted by atomic mass is 10.1. The van der Waals surface area contributed by atoms with Crippen molar-refractivity contribution in [3.8, 4) is 11.5 Å². The second kappa shape index (κ2) is 8.20. The summed E-state index contributed by atoms with van der Waals surface area (Å²) in [5.74, 6) is 1.60. The Hall–Kier alpha value is -2.89. The molecule has 0 aliphatic carbocycles. The van der Waals surface area contributed by atoms with Crippen LogP contribution < -0.4 is 19.7 Å². The van der Waals surface area contributed by atoms with Crippen molar-refractivity contribution < 1.29 is 14.3 Å². The third kappa shape index (κ3) is 4.27. The van der Waals surface area contributed by atoms with Crippen molar-refractivity contribution in [1.82, 2.24) is 10.2 Å². The Bertz CT molecular complexity index is 773. The van der Waals surface area contributed by atoms with Crippen LogP contribution in [0.4, 0.5) is 10.5 Å². The molecule has 0 aromatic heterocycles. The zero-order chi connectivity index (χ0) is 18.5. The molecular weight excluding hydrogens is 342 g/mol. The first-order valence-electron chi connectivity index (χ1n) is 9.51.